The van der Waals surface area contributed by atoms with E-state index in [9.17, 15) is 4.39 Å². The van der Waals surface area contributed by atoms with Crippen molar-refractivity contribution in [3.8, 4) is 24.0 Å². The van der Waals surface area contributed by atoms with Gasteiger partial charge in [0.2, 0.25) is 0 Å². The molecule has 2 heterocycles. The van der Waals surface area contributed by atoms with Gasteiger partial charge in [-0.15, -0.1) is 12.8 Å². The van der Waals surface area contributed by atoms with Crippen LogP contribution in [-0.4, -0.2) is 15.0 Å². The number of nitrogens with two attached hydrogens (primary N) is 2. The van der Waals surface area contributed by atoms with Crippen molar-refractivity contribution in [2.75, 3.05) is 11.5 Å². The number of halogens is 2. The molecule has 4 rings (SSSR count). The highest BCUT2D eigenvalue weighted by Gasteiger charge is 2.19. The normalized spacial score (nSPS) is 10.9. The first kappa shape index (κ1) is 24.9. The zero-order valence-electron chi connectivity index (χ0n) is 19.2. The third-order valence-electron chi connectivity index (χ3n) is 5.33. The van der Waals surface area contributed by atoms with Crippen molar-refractivity contribution in [1.29, 1.82) is 0 Å². The van der Waals surface area contributed by atoms with Crippen LogP contribution in [0.3, 0.4) is 0 Å². The molecular weight excluding hydrogens is 444 g/mol. The van der Waals surface area contributed by atoms with Crippen LogP contribution < -0.4 is 11.5 Å². The van der Waals surface area contributed by atoms with Gasteiger partial charge in [-0.25, -0.2) is 13.8 Å². The summed E-state index contributed by atoms with van der Waals surface area (Å²) in [4.78, 5) is 11.9. The molecule has 0 atom stereocenters. The van der Waals surface area contributed by atoms with Crippen molar-refractivity contribution in [1.82, 2.24) is 15.0 Å². The van der Waals surface area contributed by atoms with Gasteiger partial charge in [-0.1, -0.05) is 36.9 Å². The van der Waals surface area contributed by atoms with Crippen molar-refractivity contribution in [2.45, 2.75) is 13.3 Å². The number of nitrogens with zero attached hydrogens (tertiary/aromatic N) is 2. The maximum atomic E-state index is 15.5. The fourth-order valence-electron chi connectivity index (χ4n) is 3.77. The molecule has 0 amide bonds. The van der Waals surface area contributed by atoms with Gasteiger partial charge in [0.15, 0.2) is 0 Å². The number of aromatic nitrogens is 3. The van der Waals surface area contributed by atoms with E-state index in [0.29, 0.717) is 50.7 Å². The smallest absolute Gasteiger partial charge is 0.136 e. The highest BCUT2D eigenvalue weighted by molar-refractivity contribution is 5.80. The summed E-state index contributed by atoms with van der Waals surface area (Å²) in [5.74, 6) is -0.329. The van der Waals surface area contributed by atoms with E-state index in [2.05, 4.69) is 34.4 Å². The maximum absolute atomic E-state index is 15.5. The molecule has 0 aliphatic rings. The Morgan fingerprint density at radius 3 is 2.54 bits per heavy atom. The number of hydrogen-bond acceptors (Lipinski definition) is 4. The maximum Gasteiger partial charge on any atom is 0.136 e. The Labute approximate surface area is 203 Å². The fourth-order valence-corrected chi connectivity index (χ4v) is 3.77. The highest BCUT2D eigenvalue weighted by atomic mass is 19.1. The molecule has 7 heteroatoms. The second-order valence-corrected chi connectivity index (χ2v) is 7.63. The third kappa shape index (κ3) is 5.28. The number of pyridine rings is 1. The number of nitrogens with one attached hydrogen (secondary N) is 1. The van der Waals surface area contributed by atoms with Gasteiger partial charge in [0.25, 0.3) is 0 Å². The monoisotopic (exact) mass is 469 g/mol. The van der Waals surface area contributed by atoms with Gasteiger partial charge < -0.3 is 16.5 Å². The number of rotatable bonds is 6. The first-order chi connectivity index (χ1) is 16.9. The molecule has 0 aliphatic carbocycles. The number of aromatic amines is 1. The Morgan fingerprint density at radius 1 is 1.11 bits per heavy atom. The van der Waals surface area contributed by atoms with Gasteiger partial charge in [0.1, 0.15) is 17.5 Å². The van der Waals surface area contributed by atoms with Gasteiger partial charge in [0.05, 0.1) is 11.4 Å². The minimum atomic E-state index is -0.464. The van der Waals surface area contributed by atoms with Crippen LogP contribution in [0, 0.1) is 31.4 Å². The second-order valence-electron chi connectivity index (χ2n) is 7.63. The first-order valence-corrected chi connectivity index (χ1v) is 10.6. The lowest BCUT2D eigenvalue weighted by molar-refractivity contribution is 0.617. The standard InChI is InChI=1S/C26H23F2N5.C2H2/c1-3-6-20(19-7-4-5-8-22(19)27)26-15(2)32-24(33-26)12-21-23(30)10-9-18(25(21)28)16-11-17(29)14-31-13-16;1-2/h3-11,13-14H,1,12,29-30H2,2H3,(H,32,33);1-2H/b20-6-;. The molecule has 2 aromatic heterocycles. The molecule has 0 radical (unpaired) electrons. The number of H-pyrrole nitrogens is 1. The van der Waals surface area contributed by atoms with E-state index in [0.717, 1.165) is 5.69 Å². The number of terminal acetylenes is 1. The Hall–Kier alpha value is -4.70. The number of nitrogen functional groups attached to an aromatic ring is 2. The third-order valence-corrected chi connectivity index (χ3v) is 5.33. The summed E-state index contributed by atoms with van der Waals surface area (Å²) in [7, 11) is 0. The number of imidazole rings is 1. The van der Waals surface area contributed by atoms with Crippen LogP contribution in [0.2, 0.25) is 0 Å². The topological polar surface area (TPSA) is 93.6 Å². The Bertz CT molecular complexity index is 1420. The quantitative estimate of drug-likeness (QED) is 0.192. The number of anilines is 2. The van der Waals surface area contributed by atoms with Crippen LogP contribution in [0.1, 0.15) is 28.3 Å². The van der Waals surface area contributed by atoms with Gasteiger partial charge in [0, 0.05) is 58.0 Å². The van der Waals surface area contributed by atoms with E-state index >= 15 is 4.39 Å². The van der Waals surface area contributed by atoms with Gasteiger partial charge in [-0.2, -0.15) is 0 Å². The van der Waals surface area contributed by atoms with E-state index in [1.807, 2.05) is 6.92 Å². The van der Waals surface area contributed by atoms with Crippen molar-refractivity contribution in [2.24, 2.45) is 0 Å². The summed E-state index contributed by atoms with van der Waals surface area (Å²) < 4.78 is 30.0. The molecule has 0 bridgehead atoms. The van der Waals surface area contributed by atoms with Crippen LogP contribution in [0.25, 0.3) is 16.7 Å². The molecular formula is C28H25F2N5. The number of allylic oxidation sites excluding steroid dienone is 2. The Kier molecular flexibility index (Phi) is 7.80. The van der Waals surface area contributed by atoms with Crippen LogP contribution in [-0.2, 0) is 6.42 Å². The molecule has 0 fully saturated rings. The summed E-state index contributed by atoms with van der Waals surface area (Å²) in [6.07, 6.45) is 14.5. The average Bonchev–Trinajstić information content (AvgIpc) is 3.22. The van der Waals surface area contributed by atoms with E-state index in [1.165, 1.54) is 12.3 Å². The number of benzene rings is 2. The first-order valence-electron chi connectivity index (χ1n) is 10.6. The molecule has 4 aromatic rings. The van der Waals surface area contributed by atoms with Crippen LogP contribution in [0.5, 0.6) is 0 Å². The summed E-state index contributed by atoms with van der Waals surface area (Å²) in [5.41, 5.74) is 16.1. The molecule has 176 valence electrons. The molecule has 0 spiro atoms. The summed E-state index contributed by atoms with van der Waals surface area (Å²) in [6.45, 7) is 5.57. The molecule has 5 nitrogen and oxygen atoms in total. The predicted molar refractivity (Wildman–Crippen MR) is 138 cm³/mol. The van der Waals surface area contributed by atoms with Crippen molar-refractivity contribution in [3.05, 3.63) is 114 Å². The molecule has 0 saturated carbocycles. The van der Waals surface area contributed by atoms with E-state index in [1.54, 1.807) is 54.7 Å². The highest BCUT2D eigenvalue weighted by Crippen LogP contribution is 2.31. The summed E-state index contributed by atoms with van der Waals surface area (Å²) in [5, 5.41) is 0. The lowest BCUT2D eigenvalue weighted by atomic mass is 9.99. The Balaban J connectivity index is 0.00000167. The predicted octanol–water partition coefficient (Wildman–Crippen LogP) is 5.68. The lowest BCUT2D eigenvalue weighted by Crippen LogP contribution is -2.03. The minimum Gasteiger partial charge on any atom is -0.398 e. The largest absolute Gasteiger partial charge is 0.398 e. The fraction of sp³-hybridized carbons (Fsp3) is 0.0714. The molecule has 2 aromatic carbocycles. The van der Waals surface area contributed by atoms with Gasteiger partial charge in [-0.3, -0.25) is 4.98 Å². The number of hydrogen-bond donors (Lipinski definition) is 3. The Morgan fingerprint density at radius 2 is 1.86 bits per heavy atom. The van der Waals surface area contributed by atoms with E-state index in [-0.39, 0.29) is 12.2 Å². The van der Waals surface area contributed by atoms with Crippen molar-refractivity contribution in [3.63, 3.8) is 0 Å². The second kappa shape index (κ2) is 10.9. The number of aryl methyl sites for hydroxylation is 1. The SMILES string of the molecule is C#C.C=C/C=C(/c1ccccc1F)c1nc(Cc2c(N)ccc(-c3cncc(N)c3)c2F)[nH]c1C. The zero-order chi connectivity index (χ0) is 25.5. The molecule has 0 unspecified atom stereocenters. The van der Waals surface area contributed by atoms with Crippen LogP contribution >= 0.6 is 0 Å². The van der Waals surface area contributed by atoms with Crippen LogP contribution in [0.4, 0.5) is 20.2 Å². The lowest BCUT2D eigenvalue weighted by Gasteiger charge is -2.11. The van der Waals surface area contributed by atoms with Crippen molar-refractivity contribution >= 4 is 16.9 Å². The van der Waals surface area contributed by atoms with E-state index < -0.39 is 5.82 Å². The summed E-state index contributed by atoms with van der Waals surface area (Å²) in [6, 6.07) is 11.4. The minimum absolute atomic E-state index is 0.126. The summed E-state index contributed by atoms with van der Waals surface area (Å²) >= 11 is 0. The van der Waals surface area contributed by atoms with Crippen LogP contribution in [0.15, 0.2) is 73.6 Å². The van der Waals surface area contributed by atoms with Gasteiger partial charge in [-0.05, 0) is 31.2 Å². The molecule has 5 N–H and O–H groups in total. The van der Waals surface area contributed by atoms with E-state index in [4.69, 9.17) is 11.5 Å². The molecule has 35 heavy (non-hydrogen) atoms. The average molecular weight is 470 g/mol. The van der Waals surface area contributed by atoms with Gasteiger partial charge >= 0.3 is 0 Å². The zero-order valence-corrected chi connectivity index (χ0v) is 19.2. The molecule has 0 aliphatic heterocycles. The molecule has 0 saturated heterocycles. The van der Waals surface area contributed by atoms with Crippen molar-refractivity contribution < 1.29 is 8.78 Å².